The first-order valence-electron chi connectivity index (χ1n) is 11.9. The van der Waals surface area contributed by atoms with E-state index in [9.17, 15) is 22.8 Å². The molecule has 2 amide bonds. The van der Waals surface area contributed by atoms with Crippen LogP contribution in [0.4, 0.5) is 13.2 Å². The van der Waals surface area contributed by atoms with Gasteiger partial charge in [-0.05, 0) is 30.2 Å². The van der Waals surface area contributed by atoms with Crippen molar-refractivity contribution in [2.24, 2.45) is 5.73 Å². The molecule has 0 radical (unpaired) electrons. The first-order chi connectivity index (χ1) is 18.8. The summed E-state index contributed by atoms with van der Waals surface area (Å²) in [5, 5.41) is 6.95. The Labute approximate surface area is 220 Å². The number of nitrogens with two attached hydrogens (primary N) is 1. The van der Waals surface area contributed by atoms with Gasteiger partial charge in [0, 0.05) is 24.5 Å². The molecule has 1 aliphatic rings. The molecule has 1 aliphatic heterocycles. The van der Waals surface area contributed by atoms with Crippen molar-refractivity contribution in [2.75, 3.05) is 13.2 Å². The molecule has 3 heterocycles. The van der Waals surface area contributed by atoms with Gasteiger partial charge in [-0.3, -0.25) is 9.59 Å². The maximum Gasteiger partial charge on any atom is 0.280 e. The van der Waals surface area contributed by atoms with Gasteiger partial charge in [0.25, 0.3) is 17.6 Å². The largest absolute Gasteiger partial charge is 0.365 e. The molecule has 9 nitrogen and oxygen atoms in total. The van der Waals surface area contributed by atoms with E-state index in [1.807, 2.05) is 30.3 Å². The van der Waals surface area contributed by atoms with Gasteiger partial charge in [0.2, 0.25) is 0 Å². The van der Waals surface area contributed by atoms with Crippen molar-refractivity contribution < 1.29 is 32.2 Å². The summed E-state index contributed by atoms with van der Waals surface area (Å²) in [5.41, 5.74) is 5.82. The lowest BCUT2D eigenvalue weighted by atomic mass is 9.97. The van der Waals surface area contributed by atoms with Crippen LogP contribution in [0, 0.1) is 17.5 Å². The molecule has 12 heteroatoms. The summed E-state index contributed by atoms with van der Waals surface area (Å²) in [4.78, 5) is 30.3. The number of nitrogens with one attached hydrogen (secondary N) is 1. The maximum absolute atomic E-state index is 14.3. The zero-order chi connectivity index (χ0) is 27.6. The minimum Gasteiger partial charge on any atom is -0.365 e. The summed E-state index contributed by atoms with van der Waals surface area (Å²) < 4.78 is 54.4. The second-order valence-electron chi connectivity index (χ2n) is 8.71. The van der Waals surface area contributed by atoms with Gasteiger partial charge in [-0.15, -0.1) is 0 Å². The smallest absolute Gasteiger partial charge is 0.280 e. The van der Waals surface area contributed by atoms with Gasteiger partial charge in [-0.1, -0.05) is 30.3 Å². The van der Waals surface area contributed by atoms with Crippen molar-refractivity contribution in [3.05, 3.63) is 102 Å². The molecule has 5 rings (SSSR count). The lowest BCUT2D eigenvalue weighted by Crippen LogP contribution is -2.61. The molecule has 200 valence electrons. The van der Waals surface area contributed by atoms with Gasteiger partial charge in [0.15, 0.2) is 5.82 Å². The number of ether oxygens (including phenoxy) is 2. The van der Waals surface area contributed by atoms with Crippen LogP contribution in [0.5, 0.6) is 0 Å². The van der Waals surface area contributed by atoms with Crippen LogP contribution in [0.15, 0.2) is 73.1 Å². The number of amides is 2. The average molecular weight is 537 g/mol. The summed E-state index contributed by atoms with van der Waals surface area (Å²) in [6.07, 6.45) is 2.91. The molecule has 39 heavy (non-hydrogen) atoms. The van der Waals surface area contributed by atoms with E-state index in [2.05, 4.69) is 15.4 Å². The van der Waals surface area contributed by atoms with Gasteiger partial charge in [0.1, 0.15) is 17.5 Å². The standard InChI is InChI=1S/C27H22F3N5O4/c28-17-14-19(29)23(20(30)15-17)21-8-10-35(34-21)24-18(7-4-9-32-24)25(36)33-22(13-16-5-2-1-3-6-16)27(26(31)37)38-11-12-39-27/h1-10,14-15,22H,11-13H2,(H2,31,37)(H,33,36). The quantitative estimate of drug-likeness (QED) is 0.357. The molecule has 0 bridgehead atoms. The Kier molecular flexibility index (Phi) is 7.13. The van der Waals surface area contributed by atoms with Gasteiger partial charge < -0.3 is 20.5 Å². The summed E-state index contributed by atoms with van der Waals surface area (Å²) in [6.45, 7) is 0.212. The van der Waals surface area contributed by atoms with E-state index in [4.69, 9.17) is 15.2 Å². The topological polar surface area (TPSA) is 121 Å². The number of benzene rings is 2. The molecule has 2 aromatic heterocycles. The van der Waals surface area contributed by atoms with Crippen molar-refractivity contribution in [3.63, 3.8) is 0 Å². The molecule has 4 aromatic rings. The summed E-state index contributed by atoms with van der Waals surface area (Å²) in [5.74, 6) is -6.75. The minimum atomic E-state index is -1.90. The Morgan fingerprint density at radius 2 is 1.72 bits per heavy atom. The average Bonchev–Trinajstić information content (AvgIpc) is 3.60. The maximum atomic E-state index is 14.3. The Hall–Kier alpha value is -4.55. The van der Waals surface area contributed by atoms with Crippen LogP contribution < -0.4 is 11.1 Å². The number of pyridine rings is 1. The third-order valence-electron chi connectivity index (χ3n) is 6.21. The van der Waals surface area contributed by atoms with Gasteiger partial charge in [-0.25, -0.2) is 22.8 Å². The van der Waals surface area contributed by atoms with Gasteiger partial charge in [-0.2, -0.15) is 5.10 Å². The number of hydrogen-bond acceptors (Lipinski definition) is 6. The molecule has 1 saturated heterocycles. The third kappa shape index (κ3) is 5.11. The first-order valence-corrected chi connectivity index (χ1v) is 11.9. The highest BCUT2D eigenvalue weighted by Gasteiger charge is 2.51. The highest BCUT2D eigenvalue weighted by atomic mass is 19.1. The second kappa shape index (κ2) is 10.7. The molecule has 0 saturated carbocycles. The molecular weight excluding hydrogens is 515 g/mol. The Morgan fingerprint density at radius 3 is 2.38 bits per heavy atom. The third-order valence-corrected chi connectivity index (χ3v) is 6.21. The van der Waals surface area contributed by atoms with Crippen molar-refractivity contribution in [1.82, 2.24) is 20.1 Å². The van der Waals surface area contributed by atoms with E-state index in [1.54, 1.807) is 0 Å². The Morgan fingerprint density at radius 1 is 1.03 bits per heavy atom. The van der Waals surface area contributed by atoms with Crippen LogP contribution in [0.25, 0.3) is 17.1 Å². The van der Waals surface area contributed by atoms with E-state index >= 15 is 0 Å². The molecule has 1 fully saturated rings. The predicted molar refractivity (Wildman–Crippen MR) is 132 cm³/mol. The van der Waals surface area contributed by atoms with Gasteiger partial charge >= 0.3 is 0 Å². The van der Waals surface area contributed by atoms with Crippen molar-refractivity contribution in [1.29, 1.82) is 0 Å². The monoisotopic (exact) mass is 537 g/mol. The number of hydrogen-bond donors (Lipinski definition) is 2. The molecule has 1 unspecified atom stereocenters. The molecular formula is C27H22F3N5O4. The van der Waals surface area contributed by atoms with Gasteiger partial charge in [0.05, 0.1) is 36.1 Å². The number of carbonyl (C=O) groups is 2. The normalized spacial score (nSPS) is 15.2. The van der Waals surface area contributed by atoms with Crippen molar-refractivity contribution >= 4 is 11.8 Å². The highest BCUT2D eigenvalue weighted by Crippen LogP contribution is 2.28. The molecule has 1 atom stereocenters. The number of aromatic nitrogens is 3. The van der Waals surface area contributed by atoms with Crippen LogP contribution in [-0.2, 0) is 20.7 Å². The molecule has 3 N–H and O–H groups in total. The highest BCUT2D eigenvalue weighted by molar-refractivity contribution is 5.98. The Bertz CT molecular complexity index is 1500. The second-order valence-corrected chi connectivity index (χ2v) is 8.71. The molecule has 0 spiro atoms. The van der Waals surface area contributed by atoms with Crippen LogP contribution in [0.3, 0.4) is 0 Å². The minimum absolute atomic E-state index is 0.0304. The summed E-state index contributed by atoms with van der Waals surface area (Å²) in [6, 6.07) is 13.4. The summed E-state index contributed by atoms with van der Waals surface area (Å²) in [7, 11) is 0. The fourth-order valence-corrected chi connectivity index (χ4v) is 4.43. The van der Waals surface area contributed by atoms with E-state index in [0.29, 0.717) is 12.1 Å². The van der Waals surface area contributed by atoms with Crippen LogP contribution >= 0.6 is 0 Å². The number of rotatable bonds is 8. The lowest BCUT2D eigenvalue weighted by molar-refractivity contribution is -0.189. The number of carbonyl (C=O) groups excluding carboxylic acids is 2. The van der Waals surface area contributed by atoms with Crippen LogP contribution in [0.2, 0.25) is 0 Å². The Balaban J connectivity index is 1.48. The number of halogens is 3. The number of nitrogens with zero attached hydrogens (tertiary/aromatic N) is 3. The van der Waals surface area contributed by atoms with E-state index in [-0.39, 0.29) is 36.7 Å². The molecule has 2 aromatic carbocycles. The lowest BCUT2D eigenvalue weighted by Gasteiger charge is -2.33. The SMILES string of the molecule is NC(=O)C1(C(Cc2ccccc2)NC(=O)c2cccnc2-n2ccc(-c3c(F)cc(F)cc3F)n2)OCCO1. The predicted octanol–water partition coefficient (Wildman–Crippen LogP) is 2.92. The van der Waals surface area contributed by atoms with E-state index < -0.39 is 46.7 Å². The van der Waals surface area contributed by atoms with Crippen molar-refractivity contribution in [2.45, 2.75) is 18.2 Å². The van der Waals surface area contributed by atoms with E-state index in [0.717, 1.165) is 10.2 Å². The van der Waals surface area contributed by atoms with Crippen LogP contribution in [0.1, 0.15) is 15.9 Å². The zero-order valence-corrected chi connectivity index (χ0v) is 20.3. The fourth-order valence-electron chi connectivity index (χ4n) is 4.43. The first kappa shape index (κ1) is 26.1. The van der Waals surface area contributed by atoms with Crippen molar-refractivity contribution in [3.8, 4) is 17.1 Å². The summed E-state index contributed by atoms with van der Waals surface area (Å²) >= 11 is 0. The zero-order valence-electron chi connectivity index (χ0n) is 20.3. The number of primary amides is 1. The molecule has 0 aliphatic carbocycles. The van der Waals surface area contributed by atoms with Crippen LogP contribution in [-0.4, -0.2) is 51.6 Å². The van der Waals surface area contributed by atoms with E-state index in [1.165, 1.54) is 30.6 Å². The fraction of sp³-hybridized carbons (Fsp3) is 0.185.